The minimum absolute atomic E-state index is 0.193. The highest BCUT2D eigenvalue weighted by Gasteiger charge is 2.27. The maximum atomic E-state index is 9.37. The number of aliphatic hydroxyl groups is 2. The number of hydrogen-bond acceptors (Lipinski definition) is 6. The van der Waals surface area contributed by atoms with Crippen molar-refractivity contribution in [3.8, 4) is 5.88 Å². The Hall–Kier alpha value is -1.40. The Bertz CT molecular complexity index is 373. The van der Waals surface area contributed by atoms with Gasteiger partial charge >= 0.3 is 0 Å². The van der Waals surface area contributed by atoms with Gasteiger partial charge in [-0.15, -0.1) is 0 Å². The van der Waals surface area contributed by atoms with Crippen LogP contribution in [0.15, 0.2) is 6.07 Å². The zero-order valence-electron chi connectivity index (χ0n) is 11.1. The van der Waals surface area contributed by atoms with Crippen molar-refractivity contribution in [1.29, 1.82) is 0 Å². The lowest BCUT2D eigenvalue weighted by atomic mass is 9.99. The SMILES string of the molecule is CCOc1cc(C)nc(NC(CC)(CO)CO)n1. The first-order chi connectivity index (χ1) is 8.59. The zero-order chi connectivity index (χ0) is 13.6. The largest absolute Gasteiger partial charge is 0.478 e. The summed E-state index contributed by atoms with van der Waals surface area (Å²) < 4.78 is 5.33. The normalized spacial score (nSPS) is 11.4. The molecule has 0 amide bonds. The second-order valence-electron chi connectivity index (χ2n) is 4.18. The van der Waals surface area contributed by atoms with Crippen LogP contribution in [-0.2, 0) is 0 Å². The van der Waals surface area contributed by atoms with Crippen LogP contribution < -0.4 is 10.1 Å². The number of nitrogens with one attached hydrogen (secondary N) is 1. The predicted molar refractivity (Wildman–Crippen MR) is 68.8 cm³/mol. The van der Waals surface area contributed by atoms with Gasteiger partial charge in [0.2, 0.25) is 11.8 Å². The topological polar surface area (TPSA) is 87.5 Å². The number of hydrogen-bond donors (Lipinski definition) is 3. The van der Waals surface area contributed by atoms with Gasteiger partial charge in [-0.05, 0) is 20.3 Å². The monoisotopic (exact) mass is 255 g/mol. The molecule has 0 saturated carbocycles. The molecule has 6 nitrogen and oxygen atoms in total. The summed E-state index contributed by atoms with van der Waals surface area (Å²) in [5, 5.41) is 21.7. The molecular weight excluding hydrogens is 234 g/mol. The molecule has 3 N–H and O–H groups in total. The number of anilines is 1. The third kappa shape index (κ3) is 3.54. The Balaban J connectivity index is 2.95. The molecule has 0 bridgehead atoms. The molecule has 0 unspecified atom stereocenters. The molecule has 0 aromatic carbocycles. The van der Waals surface area contributed by atoms with Gasteiger partial charge < -0.3 is 20.3 Å². The Morgan fingerprint density at radius 3 is 2.44 bits per heavy atom. The van der Waals surface area contributed by atoms with Crippen molar-refractivity contribution in [2.75, 3.05) is 25.1 Å². The number of rotatable bonds is 7. The summed E-state index contributed by atoms with van der Waals surface area (Å²) in [6.45, 7) is 5.72. The van der Waals surface area contributed by atoms with Crippen molar-refractivity contribution in [2.24, 2.45) is 0 Å². The van der Waals surface area contributed by atoms with Crippen molar-refractivity contribution in [2.45, 2.75) is 32.7 Å². The molecule has 0 aliphatic rings. The van der Waals surface area contributed by atoms with Gasteiger partial charge in [0, 0.05) is 11.8 Å². The molecular formula is C12H21N3O3. The van der Waals surface area contributed by atoms with E-state index >= 15 is 0 Å². The number of aliphatic hydroxyl groups excluding tert-OH is 2. The highest BCUT2D eigenvalue weighted by Crippen LogP contribution is 2.18. The highest BCUT2D eigenvalue weighted by atomic mass is 16.5. The fourth-order valence-corrected chi connectivity index (χ4v) is 1.50. The van der Waals surface area contributed by atoms with Gasteiger partial charge in [-0.25, -0.2) is 4.98 Å². The van der Waals surface area contributed by atoms with Crippen LogP contribution in [0.1, 0.15) is 26.0 Å². The molecule has 0 aliphatic carbocycles. The molecule has 1 aromatic rings. The van der Waals surface area contributed by atoms with Crippen LogP contribution in [0.3, 0.4) is 0 Å². The Morgan fingerprint density at radius 2 is 1.94 bits per heavy atom. The van der Waals surface area contributed by atoms with Crippen LogP contribution in [0.2, 0.25) is 0 Å². The third-order valence-corrected chi connectivity index (χ3v) is 2.78. The molecule has 6 heteroatoms. The minimum Gasteiger partial charge on any atom is -0.478 e. The number of aromatic nitrogens is 2. The summed E-state index contributed by atoms with van der Waals surface area (Å²) in [7, 11) is 0. The molecule has 0 atom stereocenters. The maximum absolute atomic E-state index is 9.37. The van der Waals surface area contributed by atoms with Gasteiger partial charge in [0.1, 0.15) is 0 Å². The molecule has 0 aliphatic heterocycles. The van der Waals surface area contributed by atoms with Gasteiger partial charge in [0.15, 0.2) is 0 Å². The van der Waals surface area contributed by atoms with Crippen LogP contribution in [0.5, 0.6) is 5.88 Å². The fraction of sp³-hybridized carbons (Fsp3) is 0.667. The first-order valence-corrected chi connectivity index (χ1v) is 6.07. The van der Waals surface area contributed by atoms with Crippen LogP contribution >= 0.6 is 0 Å². The number of aryl methyl sites for hydroxylation is 1. The van der Waals surface area contributed by atoms with E-state index in [9.17, 15) is 10.2 Å². The van der Waals surface area contributed by atoms with Gasteiger partial charge in [-0.1, -0.05) is 6.92 Å². The molecule has 1 heterocycles. The Kier molecular flexibility index (Phi) is 5.30. The average molecular weight is 255 g/mol. The van der Waals surface area contributed by atoms with E-state index < -0.39 is 5.54 Å². The molecule has 102 valence electrons. The molecule has 1 rings (SSSR count). The van der Waals surface area contributed by atoms with E-state index in [0.29, 0.717) is 24.9 Å². The lowest BCUT2D eigenvalue weighted by molar-refractivity contribution is 0.132. The minimum atomic E-state index is -0.808. The fourth-order valence-electron chi connectivity index (χ4n) is 1.50. The van der Waals surface area contributed by atoms with Crippen LogP contribution in [0.25, 0.3) is 0 Å². The lowest BCUT2D eigenvalue weighted by Crippen LogP contribution is -2.45. The summed E-state index contributed by atoms with van der Waals surface area (Å²) in [6.07, 6.45) is 0.557. The molecule has 0 radical (unpaired) electrons. The molecule has 0 spiro atoms. The first kappa shape index (κ1) is 14.7. The summed E-state index contributed by atoms with van der Waals surface area (Å²) >= 11 is 0. The summed E-state index contributed by atoms with van der Waals surface area (Å²) in [5.74, 6) is 0.830. The van der Waals surface area contributed by atoms with Crippen LogP contribution in [0.4, 0.5) is 5.95 Å². The van der Waals surface area contributed by atoms with E-state index in [0.717, 1.165) is 5.69 Å². The number of nitrogens with zero attached hydrogens (tertiary/aromatic N) is 2. The second-order valence-corrected chi connectivity index (χ2v) is 4.18. The van der Waals surface area contributed by atoms with Crippen molar-refractivity contribution in [3.05, 3.63) is 11.8 Å². The van der Waals surface area contributed by atoms with E-state index in [1.54, 1.807) is 6.07 Å². The smallest absolute Gasteiger partial charge is 0.226 e. The highest BCUT2D eigenvalue weighted by molar-refractivity contribution is 5.34. The average Bonchev–Trinajstić information content (AvgIpc) is 2.36. The van der Waals surface area contributed by atoms with Crippen molar-refractivity contribution < 1.29 is 14.9 Å². The van der Waals surface area contributed by atoms with Crippen molar-refractivity contribution >= 4 is 5.95 Å². The lowest BCUT2D eigenvalue weighted by Gasteiger charge is -2.29. The Labute approximate surface area is 107 Å². The van der Waals surface area contributed by atoms with Crippen LogP contribution in [-0.4, -0.2) is 45.5 Å². The first-order valence-electron chi connectivity index (χ1n) is 6.07. The standard InChI is InChI=1S/C12H21N3O3/c1-4-12(7-16,8-17)15-11-13-9(3)6-10(14-11)18-5-2/h6,16-17H,4-5,7-8H2,1-3H3,(H,13,14,15). The second kappa shape index (κ2) is 6.51. The summed E-state index contributed by atoms with van der Waals surface area (Å²) in [4.78, 5) is 8.41. The third-order valence-electron chi connectivity index (χ3n) is 2.78. The molecule has 1 aromatic heterocycles. The van der Waals surface area contributed by atoms with E-state index in [-0.39, 0.29) is 13.2 Å². The number of ether oxygens (including phenoxy) is 1. The quantitative estimate of drug-likeness (QED) is 0.665. The van der Waals surface area contributed by atoms with Crippen molar-refractivity contribution in [3.63, 3.8) is 0 Å². The van der Waals surface area contributed by atoms with Gasteiger partial charge in [-0.3, -0.25) is 0 Å². The zero-order valence-corrected chi connectivity index (χ0v) is 11.1. The van der Waals surface area contributed by atoms with Gasteiger partial charge in [-0.2, -0.15) is 4.98 Å². The van der Waals surface area contributed by atoms with Crippen molar-refractivity contribution in [1.82, 2.24) is 9.97 Å². The predicted octanol–water partition coefficient (Wildman–Crippen LogP) is 0.729. The Morgan fingerprint density at radius 1 is 1.28 bits per heavy atom. The van der Waals surface area contributed by atoms with Crippen LogP contribution in [0, 0.1) is 6.92 Å². The van der Waals surface area contributed by atoms with E-state index in [1.165, 1.54) is 0 Å². The van der Waals surface area contributed by atoms with E-state index in [2.05, 4.69) is 15.3 Å². The molecule has 0 fully saturated rings. The van der Waals surface area contributed by atoms with Gasteiger partial charge in [0.05, 0.1) is 25.4 Å². The molecule has 18 heavy (non-hydrogen) atoms. The summed E-state index contributed by atoms with van der Waals surface area (Å²) in [6, 6.07) is 1.74. The van der Waals surface area contributed by atoms with E-state index in [1.807, 2.05) is 20.8 Å². The van der Waals surface area contributed by atoms with Gasteiger partial charge in [0.25, 0.3) is 0 Å². The summed E-state index contributed by atoms with van der Waals surface area (Å²) in [5.41, 5.74) is -0.0473. The molecule has 0 saturated heterocycles. The van der Waals surface area contributed by atoms with E-state index in [4.69, 9.17) is 4.74 Å². The maximum Gasteiger partial charge on any atom is 0.226 e.